The number of amides is 1. The molecule has 5 nitrogen and oxygen atoms in total. The summed E-state index contributed by atoms with van der Waals surface area (Å²) >= 11 is 2.08. The molecule has 2 aliphatic carbocycles. The Hall–Kier alpha value is -0.910. The lowest BCUT2D eigenvalue weighted by Crippen LogP contribution is -2.48. The fourth-order valence-electron chi connectivity index (χ4n) is 3.54. The lowest BCUT2D eigenvalue weighted by molar-refractivity contribution is -0.127. The standard InChI is InChI=1S/C18H34N4OS/c1-4-24-16-11-7-10-15(12-16)21-18(19-13-17(23)22(2)3)20-14-8-5-6-9-14/h14-16H,4-13H2,1-3H3,(H2,19,20,21). The molecule has 2 rings (SSSR count). The molecule has 2 N–H and O–H groups in total. The highest BCUT2D eigenvalue weighted by molar-refractivity contribution is 7.99. The third-order valence-corrected chi connectivity index (χ3v) is 6.17. The van der Waals surface area contributed by atoms with Crippen LogP contribution in [0, 0.1) is 0 Å². The highest BCUT2D eigenvalue weighted by Crippen LogP contribution is 2.28. The Kier molecular flexibility index (Phi) is 8.22. The van der Waals surface area contributed by atoms with Gasteiger partial charge in [0.15, 0.2) is 5.96 Å². The average Bonchev–Trinajstić information content (AvgIpc) is 3.06. The molecule has 138 valence electrons. The van der Waals surface area contributed by atoms with E-state index in [1.807, 2.05) is 0 Å². The smallest absolute Gasteiger partial charge is 0.243 e. The molecule has 2 fully saturated rings. The first-order valence-electron chi connectivity index (χ1n) is 9.47. The van der Waals surface area contributed by atoms with Crippen LogP contribution >= 0.6 is 11.8 Å². The highest BCUT2D eigenvalue weighted by Gasteiger charge is 2.24. The number of rotatable bonds is 6. The zero-order chi connectivity index (χ0) is 17.4. The molecule has 2 atom stereocenters. The van der Waals surface area contributed by atoms with Crippen molar-refractivity contribution in [2.75, 3.05) is 26.4 Å². The molecular weight excluding hydrogens is 320 g/mol. The third kappa shape index (κ3) is 6.54. The number of nitrogens with one attached hydrogen (secondary N) is 2. The summed E-state index contributed by atoms with van der Waals surface area (Å²) in [5.41, 5.74) is 0. The maximum Gasteiger partial charge on any atom is 0.243 e. The molecule has 0 aliphatic heterocycles. The van der Waals surface area contributed by atoms with E-state index < -0.39 is 0 Å². The fourth-order valence-corrected chi connectivity index (χ4v) is 4.71. The fraction of sp³-hybridized carbons (Fsp3) is 0.889. The van der Waals surface area contributed by atoms with Gasteiger partial charge in [0.25, 0.3) is 0 Å². The van der Waals surface area contributed by atoms with E-state index in [0.29, 0.717) is 12.1 Å². The van der Waals surface area contributed by atoms with Crippen molar-refractivity contribution in [1.29, 1.82) is 0 Å². The molecular formula is C18H34N4OS. The van der Waals surface area contributed by atoms with Crippen molar-refractivity contribution < 1.29 is 4.79 Å². The van der Waals surface area contributed by atoms with Crippen LogP contribution in [-0.4, -0.2) is 60.5 Å². The normalized spacial score (nSPS) is 25.5. The van der Waals surface area contributed by atoms with Gasteiger partial charge in [-0.3, -0.25) is 4.79 Å². The number of hydrogen-bond donors (Lipinski definition) is 2. The quantitative estimate of drug-likeness (QED) is 0.569. The molecule has 2 saturated carbocycles. The summed E-state index contributed by atoms with van der Waals surface area (Å²) in [4.78, 5) is 18.0. The Labute approximate surface area is 151 Å². The molecule has 0 heterocycles. The molecule has 0 spiro atoms. The van der Waals surface area contributed by atoms with Crippen molar-refractivity contribution in [3.8, 4) is 0 Å². The second-order valence-electron chi connectivity index (χ2n) is 7.16. The number of nitrogens with zero attached hydrogens (tertiary/aromatic N) is 2. The number of guanidine groups is 1. The van der Waals surface area contributed by atoms with Crippen LogP contribution in [-0.2, 0) is 4.79 Å². The Morgan fingerprint density at radius 2 is 1.75 bits per heavy atom. The number of aliphatic imine (C=N–C) groups is 1. The number of hydrogen-bond acceptors (Lipinski definition) is 3. The maximum absolute atomic E-state index is 11.9. The van der Waals surface area contributed by atoms with Crippen molar-refractivity contribution >= 4 is 23.6 Å². The lowest BCUT2D eigenvalue weighted by Gasteiger charge is -2.31. The van der Waals surface area contributed by atoms with Crippen molar-refractivity contribution in [3.63, 3.8) is 0 Å². The molecule has 0 radical (unpaired) electrons. The molecule has 0 aromatic rings. The maximum atomic E-state index is 11.9. The van der Waals surface area contributed by atoms with Gasteiger partial charge in [0.1, 0.15) is 6.54 Å². The first-order valence-corrected chi connectivity index (χ1v) is 10.5. The zero-order valence-electron chi connectivity index (χ0n) is 15.5. The van der Waals surface area contributed by atoms with Crippen LogP contribution < -0.4 is 10.6 Å². The molecule has 0 aromatic heterocycles. The monoisotopic (exact) mass is 354 g/mol. The van der Waals surface area contributed by atoms with Crippen molar-refractivity contribution in [3.05, 3.63) is 0 Å². The van der Waals surface area contributed by atoms with Crippen LogP contribution in [0.5, 0.6) is 0 Å². The minimum atomic E-state index is 0.0468. The third-order valence-electron chi connectivity index (χ3n) is 4.94. The minimum Gasteiger partial charge on any atom is -0.354 e. The predicted molar refractivity (Wildman–Crippen MR) is 104 cm³/mol. The number of carbonyl (C=O) groups is 1. The van der Waals surface area contributed by atoms with Gasteiger partial charge in [0.2, 0.25) is 5.91 Å². The average molecular weight is 355 g/mol. The summed E-state index contributed by atoms with van der Waals surface area (Å²) < 4.78 is 0. The minimum absolute atomic E-state index is 0.0468. The van der Waals surface area contributed by atoms with Crippen molar-refractivity contribution in [2.24, 2.45) is 4.99 Å². The van der Waals surface area contributed by atoms with Crippen molar-refractivity contribution in [2.45, 2.75) is 75.6 Å². The molecule has 2 aliphatic rings. The molecule has 2 unspecified atom stereocenters. The topological polar surface area (TPSA) is 56.7 Å². The summed E-state index contributed by atoms with van der Waals surface area (Å²) in [6.45, 7) is 2.46. The van der Waals surface area contributed by atoms with E-state index in [1.165, 1.54) is 57.1 Å². The largest absolute Gasteiger partial charge is 0.354 e. The van der Waals surface area contributed by atoms with E-state index in [9.17, 15) is 4.79 Å². The van der Waals surface area contributed by atoms with Crippen LogP contribution in [0.4, 0.5) is 0 Å². The van der Waals surface area contributed by atoms with Crippen LogP contribution in [0.25, 0.3) is 0 Å². The Morgan fingerprint density at radius 1 is 1.08 bits per heavy atom. The van der Waals surface area contributed by atoms with E-state index in [0.717, 1.165) is 11.2 Å². The summed E-state index contributed by atoms with van der Waals surface area (Å²) in [5.74, 6) is 2.07. The highest BCUT2D eigenvalue weighted by atomic mass is 32.2. The van der Waals surface area contributed by atoms with Gasteiger partial charge in [-0.15, -0.1) is 0 Å². The van der Waals surface area contributed by atoms with Gasteiger partial charge in [-0.2, -0.15) is 11.8 Å². The molecule has 0 saturated heterocycles. The van der Waals surface area contributed by atoms with Gasteiger partial charge in [-0.25, -0.2) is 4.99 Å². The first kappa shape index (κ1) is 19.4. The van der Waals surface area contributed by atoms with Gasteiger partial charge >= 0.3 is 0 Å². The first-order chi connectivity index (χ1) is 11.6. The Bertz CT molecular complexity index is 419. The molecule has 1 amide bonds. The van der Waals surface area contributed by atoms with Gasteiger partial charge < -0.3 is 15.5 Å². The summed E-state index contributed by atoms with van der Waals surface area (Å²) in [7, 11) is 3.56. The van der Waals surface area contributed by atoms with Gasteiger partial charge in [0, 0.05) is 31.4 Å². The summed E-state index contributed by atoms with van der Waals surface area (Å²) in [5, 5.41) is 7.95. The molecule has 0 aromatic carbocycles. The van der Waals surface area contributed by atoms with Crippen LogP contribution in [0.2, 0.25) is 0 Å². The molecule has 24 heavy (non-hydrogen) atoms. The molecule has 6 heteroatoms. The Balaban J connectivity index is 1.93. The molecule has 0 bridgehead atoms. The lowest BCUT2D eigenvalue weighted by atomic mass is 9.95. The SMILES string of the molecule is CCSC1CCCC(NC(=NCC(=O)N(C)C)NC2CCCC2)C1. The van der Waals surface area contributed by atoms with Gasteiger partial charge in [0.05, 0.1) is 0 Å². The van der Waals surface area contributed by atoms with Gasteiger partial charge in [-0.05, 0) is 37.9 Å². The van der Waals surface area contributed by atoms with E-state index in [2.05, 4.69) is 34.3 Å². The number of thioether (sulfide) groups is 1. The number of carbonyl (C=O) groups excluding carboxylic acids is 1. The summed E-state index contributed by atoms with van der Waals surface area (Å²) in [6, 6.07) is 0.986. The zero-order valence-corrected chi connectivity index (χ0v) is 16.3. The van der Waals surface area contributed by atoms with Crippen LogP contribution in [0.3, 0.4) is 0 Å². The van der Waals surface area contributed by atoms with E-state index in [-0.39, 0.29) is 12.5 Å². The van der Waals surface area contributed by atoms with Crippen molar-refractivity contribution in [1.82, 2.24) is 15.5 Å². The second kappa shape index (κ2) is 10.2. The van der Waals surface area contributed by atoms with E-state index >= 15 is 0 Å². The van der Waals surface area contributed by atoms with Gasteiger partial charge in [-0.1, -0.05) is 26.2 Å². The Morgan fingerprint density at radius 3 is 2.42 bits per heavy atom. The van der Waals surface area contributed by atoms with E-state index in [4.69, 9.17) is 0 Å². The summed E-state index contributed by atoms with van der Waals surface area (Å²) in [6.07, 6.45) is 10.0. The predicted octanol–water partition coefficient (Wildman–Crippen LogP) is 2.62. The number of likely N-dealkylation sites (N-methyl/N-ethyl adjacent to an activating group) is 1. The second-order valence-corrected chi connectivity index (χ2v) is 8.74. The van der Waals surface area contributed by atoms with Crippen LogP contribution in [0.1, 0.15) is 58.3 Å². The van der Waals surface area contributed by atoms with Crippen LogP contribution in [0.15, 0.2) is 4.99 Å². The van der Waals surface area contributed by atoms with E-state index in [1.54, 1.807) is 19.0 Å².